The van der Waals surface area contributed by atoms with E-state index in [4.69, 9.17) is 0 Å². The zero-order valence-corrected chi connectivity index (χ0v) is 9.74. The van der Waals surface area contributed by atoms with Crippen molar-refractivity contribution in [2.24, 2.45) is 7.05 Å². The van der Waals surface area contributed by atoms with Gasteiger partial charge in [-0.05, 0) is 38.1 Å². The molecule has 2 rings (SSSR count). The molecule has 2 heterocycles. The Balaban J connectivity index is 2.02. The fourth-order valence-electron chi connectivity index (χ4n) is 2.24. The van der Waals surface area contributed by atoms with Gasteiger partial charge in [-0.15, -0.1) is 0 Å². The van der Waals surface area contributed by atoms with Crippen molar-refractivity contribution in [3.05, 3.63) is 24.0 Å². The van der Waals surface area contributed by atoms with E-state index in [0.717, 1.165) is 19.6 Å². The Kier molecular flexibility index (Phi) is 3.44. The van der Waals surface area contributed by atoms with Crippen LogP contribution in [0.3, 0.4) is 0 Å². The van der Waals surface area contributed by atoms with Crippen molar-refractivity contribution in [3.8, 4) is 0 Å². The van der Waals surface area contributed by atoms with Crippen LogP contribution in [0.2, 0.25) is 0 Å². The molecule has 3 nitrogen and oxygen atoms in total. The van der Waals surface area contributed by atoms with Crippen LogP contribution in [0, 0.1) is 0 Å². The molecule has 84 valence electrons. The average Bonchev–Trinajstić information content (AvgIpc) is 2.53. The molecule has 0 saturated carbocycles. The van der Waals surface area contributed by atoms with Gasteiger partial charge in [0.1, 0.15) is 0 Å². The Morgan fingerprint density at radius 2 is 2.20 bits per heavy atom. The highest BCUT2D eigenvalue weighted by Gasteiger charge is 2.17. The van der Waals surface area contributed by atoms with E-state index in [1.807, 2.05) is 0 Å². The van der Waals surface area contributed by atoms with E-state index in [9.17, 15) is 0 Å². The smallest absolute Gasteiger partial charge is 0.0335 e. The highest BCUT2D eigenvalue weighted by molar-refractivity contribution is 5.14. The third-order valence-corrected chi connectivity index (χ3v) is 3.26. The maximum Gasteiger partial charge on any atom is 0.0335 e. The molecule has 0 aliphatic carbocycles. The van der Waals surface area contributed by atoms with Crippen molar-refractivity contribution in [3.63, 3.8) is 0 Å². The monoisotopic (exact) mass is 207 g/mol. The molecule has 1 aromatic rings. The number of hydrogen-bond donors (Lipinski definition) is 1. The third-order valence-electron chi connectivity index (χ3n) is 3.26. The van der Waals surface area contributed by atoms with Crippen molar-refractivity contribution < 1.29 is 0 Å². The molecular weight excluding hydrogens is 186 g/mol. The van der Waals surface area contributed by atoms with E-state index in [0.29, 0.717) is 6.04 Å². The summed E-state index contributed by atoms with van der Waals surface area (Å²) < 4.78 is 2.13. The van der Waals surface area contributed by atoms with Gasteiger partial charge < -0.3 is 9.88 Å². The van der Waals surface area contributed by atoms with Crippen molar-refractivity contribution in [2.45, 2.75) is 19.4 Å². The van der Waals surface area contributed by atoms with Crippen LogP contribution in [0.25, 0.3) is 0 Å². The Hall–Kier alpha value is -0.800. The normalized spacial score (nSPS) is 21.2. The van der Waals surface area contributed by atoms with Crippen LogP contribution >= 0.6 is 0 Å². The minimum atomic E-state index is 0.547. The lowest BCUT2D eigenvalue weighted by molar-refractivity contribution is 0.225. The summed E-state index contributed by atoms with van der Waals surface area (Å²) in [5, 5.41) is 3.44. The SMILES string of the molecule is CC(c1ccn(C)c1)N1CCCNCC1. The van der Waals surface area contributed by atoms with Gasteiger partial charge in [-0.25, -0.2) is 0 Å². The van der Waals surface area contributed by atoms with Gasteiger partial charge in [-0.3, -0.25) is 4.90 Å². The standard InChI is InChI=1S/C12H21N3/c1-11(12-4-8-14(2)10-12)15-7-3-5-13-6-9-15/h4,8,10-11,13H,3,5-7,9H2,1-2H3. The van der Waals surface area contributed by atoms with Gasteiger partial charge in [0.05, 0.1) is 0 Å². The average molecular weight is 207 g/mol. The van der Waals surface area contributed by atoms with E-state index in [1.165, 1.54) is 18.5 Å². The van der Waals surface area contributed by atoms with Gasteiger partial charge in [-0.1, -0.05) is 0 Å². The van der Waals surface area contributed by atoms with Crippen molar-refractivity contribution in [2.75, 3.05) is 26.2 Å². The first kappa shape index (κ1) is 10.7. The van der Waals surface area contributed by atoms with Crippen LogP contribution in [-0.4, -0.2) is 35.6 Å². The molecule has 0 aromatic carbocycles. The molecule has 0 bridgehead atoms. The topological polar surface area (TPSA) is 20.2 Å². The lowest BCUT2D eigenvalue weighted by Crippen LogP contribution is -2.30. The quantitative estimate of drug-likeness (QED) is 0.790. The molecule has 1 saturated heterocycles. The second-order valence-corrected chi connectivity index (χ2v) is 4.43. The lowest BCUT2D eigenvalue weighted by Gasteiger charge is -2.26. The number of rotatable bonds is 2. The highest BCUT2D eigenvalue weighted by atomic mass is 15.2. The lowest BCUT2D eigenvalue weighted by atomic mass is 10.1. The second kappa shape index (κ2) is 4.81. The molecule has 1 aliphatic heterocycles. The largest absolute Gasteiger partial charge is 0.357 e. The second-order valence-electron chi connectivity index (χ2n) is 4.43. The highest BCUT2D eigenvalue weighted by Crippen LogP contribution is 2.20. The first-order valence-electron chi connectivity index (χ1n) is 5.84. The number of aromatic nitrogens is 1. The molecule has 1 aromatic heterocycles. The van der Waals surface area contributed by atoms with Gasteiger partial charge in [0.2, 0.25) is 0 Å². The van der Waals surface area contributed by atoms with Crippen LogP contribution in [0.1, 0.15) is 24.9 Å². The van der Waals surface area contributed by atoms with Crippen molar-refractivity contribution >= 4 is 0 Å². The molecule has 15 heavy (non-hydrogen) atoms. The summed E-state index contributed by atoms with van der Waals surface area (Å²) in [5.41, 5.74) is 1.43. The summed E-state index contributed by atoms with van der Waals surface area (Å²) in [6, 6.07) is 2.77. The molecule has 0 amide bonds. The third kappa shape index (κ3) is 2.61. The number of nitrogens with one attached hydrogen (secondary N) is 1. The molecule has 1 fully saturated rings. The fraction of sp³-hybridized carbons (Fsp3) is 0.667. The first-order chi connectivity index (χ1) is 7.27. The Bertz CT molecular complexity index is 298. The van der Waals surface area contributed by atoms with Gasteiger partial charge in [0, 0.05) is 38.6 Å². The molecular formula is C12H21N3. The maximum atomic E-state index is 3.44. The minimum Gasteiger partial charge on any atom is -0.357 e. The minimum absolute atomic E-state index is 0.547. The zero-order valence-electron chi connectivity index (χ0n) is 9.74. The van der Waals surface area contributed by atoms with Crippen LogP contribution in [0.15, 0.2) is 18.5 Å². The molecule has 1 unspecified atom stereocenters. The Labute approximate surface area is 92.1 Å². The summed E-state index contributed by atoms with van der Waals surface area (Å²) in [7, 11) is 2.08. The summed E-state index contributed by atoms with van der Waals surface area (Å²) in [5.74, 6) is 0. The van der Waals surface area contributed by atoms with E-state index < -0.39 is 0 Å². The summed E-state index contributed by atoms with van der Waals surface area (Å²) >= 11 is 0. The van der Waals surface area contributed by atoms with E-state index in [-0.39, 0.29) is 0 Å². The number of hydrogen-bond acceptors (Lipinski definition) is 2. The molecule has 0 radical (unpaired) electrons. The van der Waals surface area contributed by atoms with Crippen LogP contribution in [0.4, 0.5) is 0 Å². The molecule has 1 N–H and O–H groups in total. The zero-order chi connectivity index (χ0) is 10.7. The van der Waals surface area contributed by atoms with Gasteiger partial charge in [0.15, 0.2) is 0 Å². The first-order valence-corrected chi connectivity index (χ1v) is 5.84. The predicted molar refractivity (Wildman–Crippen MR) is 62.9 cm³/mol. The predicted octanol–water partition coefficient (Wildman–Crippen LogP) is 1.38. The van der Waals surface area contributed by atoms with Crippen LogP contribution in [0.5, 0.6) is 0 Å². The van der Waals surface area contributed by atoms with E-state index in [2.05, 4.69) is 47.2 Å². The van der Waals surface area contributed by atoms with E-state index >= 15 is 0 Å². The maximum absolute atomic E-state index is 3.44. The van der Waals surface area contributed by atoms with Crippen LogP contribution in [-0.2, 0) is 7.05 Å². The Morgan fingerprint density at radius 3 is 2.93 bits per heavy atom. The Morgan fingerprint density at radius 1 is 1.33 bits per heavy atom. The molecule has 1 atom stereocenters. The van der Waals surface area contributed by atoms with Crippen molar-refractivity contribution in [1.82, 2.24) is 14.8 Å². The van der Waals surface area contributed by atoms with Crippen molar-refractivity contribution in [1.29, 1.82) is 0 Å². The van der Waals surface area contributed by atoms with Gasteiger partial charge in [0.25, 0.3) is 0 Å². The summed E-state index contributed by atoms with van der Waals surface area (Å²) in [6.45, 7) is 6.97. The van der Waals surface area contributed by atoms with Crippen LogP contribution < -0.4 is 5.32 Å². The number of nitrogens with zero attached hydrogens (tertiary/aromatic N) is 2. The number of aryl methyl sites for hydroxylation is 1. The summed E-state index contributed by atoms with van der Waals surface area (Å²) in [6.07, 6.45) is 5.61. The molecule has 3 heteroatoms. The van der Waals surface area contributed by atoms with Gasteiger partial charge >= 0.3 is 0 Å². The fourth-order valence-corrected chi connectivity index (χ4v) is 2.24. The molecule has 1 aliphatic rings. The molecule has 0 spiro atoms. The van der Waals surface area contributed by atoms with E-state index in [1.54, 1.807) is 0 Å². The summed E-state index contributed by atoms with van der Waals surface area (Å²) in [4.78, 5) is 2.56. The van der Waals surface area contributed by atoms with Gasteiger partial charge in [-0.2, -0.15) is 0 Å².